The van der Waals surface area contributed by atoms with Crippen molar-refractivity contribution in [2.24, 2.45) is 0 Å². The van der Waals surface area contributed by atoms with Gasteiger partial charge in [-0.2, -0.15) is 0 Å². The van der Waals surface area contributed by atoms with E-state index < -0.39 is 0 Å². The highest BCUT2D eigenvalue weighted by Crippen LogP contribution is 2.16. The maximum absolute atomic E-state index is 13.3. The van der Waals surface area contributed by atoms with Gasteiger partial charge in [-0.1, -0.05) is 31.5 Å². The number of hydrogen-bond donors (Lipinski definition) is 1. The number of hydrogen-bond acceptors (Lipinski definition) is 2. The smallest absolute Gasteiger partial charge is 0.142 e. The molecule has 0 bridgehead atoms. The van der Waals surface area contributed by atoms with Gasteiger partial charge in [0, 0.05) is 25.3 Å². The summed E-state index contributed by atoms with van der Waals surface area (Å²) in [6.45, 7) is 5.50. The Bertz CT molecular complexity index is 551. The van der Waals surface area contributed by atoms with Crippen molar-refractivity contribution in [2.45, 2.75) is 33.0 Å². The van der Waals surface area contributed by atoms with Gasteiger partial charge in [0.2, 0.25) is 0 Å². The third-order valence-electron chi connectivity index (χ3n) is 2.73. The number of benzene rings is 1. The summed E-state index contributed by atoms with van der Waals surface area (Å²) in [5, 5.41) is 3.45. The minimum absolute atomic E-state index is 0.149. The highest BCUT2D eigenvalue weighted by Gasteiger charge is 2.04. The average Bonchev–Trinajstić information content (AvgIpc) is 2.79. The summed E-state index contributed by atoms with van der Waals surface area (Å²) >= 11 is 5.66. The molecule has 0 aliphatic heterocycles. The second-order valence-corrected chi connectivity index (χ2v) is 5.23. The highest BCUT2D eigenvalue weighted by molar-refractivity contribution is 6.30. The lowest BCUT2D eigenvalue weighted by atomic mass is 10.2. The Kier molecular flexibility index (Phi) is 4.56. The van der Waals surface area contributed by atoms with Crippen molar-refractivity contribution >= 4 is 11.6 Å². The van der Waals surface area contributed by atoms with E-state index in [-0.39, 0.29) is 10.8 Å². The fourth-order valence-corrected chi connectivity index (χ4v) is 1.86. The molecule has 1 aromatic heterocycles. The normalized spacial score (nSPS) is 11.2. The Morgan fingerprint density at radius 2 is 2.21 bits per heavy atom. The molecule has 2 aromatic rings. The van der Waals surface area contributed by atoms with Gasteiger partial charge in [-0.3, -0.25) is 0 Å². The van der Waals surface area contributed by atoms with Crippen molar-refractivity contribution in [1.82, 2.24) is 14.9 Å². The van der Waals surface area contributed by atoms with Crippen LogP contribution in [-0.4, -0.2) is 15.6 Å². The number of imidazole rings is 1. The van der Waals surface area contributed by atoms with Crippen molar-refractivity contribution in [3.8, 4) is 0 Å². The van der Waals surface area contributed by atoms with E-state index in [1.807, 2.05) is 16.8 Å². The number of nitrogens with zero attached hydrogens (tertiary/aromatic N) is 2. The maximum atomic E-state index is 13.3. The molecule has 0 aliphatic rings. The summed E-state index contributed by atoms with van der Waals surface area (Å²) in [7, 11) is 0. The van der Waals surface area contributed by atoms with E-state index in [0.29, 0.717) is 12.6 Å². The first-order valence-corrected chi connectivity index (χ1v) is 6.60. The SMILES string of the molecule is CC(C)NCc1cn(Cc2ccc(Cl)c(F)c2)cn1. The van der Waals surface area contributed by atoms with Gasteiger partial charge in [0.1, 0.15) is 5.82 Å². The Morgan fingerprint density at radius 1 is 1.42 bits per heavy atom. The molecule has 2 rings (SSSR count). The Labute approximate surface area is 117 Å². The lowest BCUT2D eigenvalue weighted by Crippen LogP contribution is -2.21. The molecule has 0 saturated carbocycles. The van der Waals surface area contributed by atoms with Crippen molar-refractivity contribution in [2.75, 3.05) is 0 Å². The van der Waals surface area contributed by atoms with E-state index in [1.54, 1.807) is 12.4 Å². The average molecular weight is 282 g/mol. The number of nitrogens with one attached hydrogen (secondary N) is 1. The summed E-state index contributed by atoms with van der Waals surface area (Å²) < 4.78 is 15.3. The first-order chi connectivity index (χ1) is 9.04. The fourth-order valence-electron chi connectivity index (χ4n) is 1.74. The van der Waals surface area contributed by atoms with E-state index >= 15 is 0 Å². The second-order valence-electron chi connectivity index (χ2n) is 4.82. The minimum atomic E-state index is -0.388. The van der Waals surface area contributed by atoms with Gasteiger partial charge in [0.05, 0.1) is 17.0 Å². The van der Waals surface area contributed by atoms with Crippen molar-refractivity contribution < 1.29 is 4.39 Å². The van der Waals surface area contributed by atoms with Gasteiger partial charge in [-0.15, -0.1) is 0 Å². The number of halogens is 2. The van der Waals surface area contributed by atoms with Crippen LogP contribution in [0.25, 0.3) is 0 Å². The van der Waals surface area contributed by atoms with Gasteiger partial charge < -0.3 is 9.88 Å². The molecule has 3 nitrogen and oxygen atoms in total. The topological polar surface area (TPSA) is 29.9 Å². The predicted octanol–water partition coefficient (Wildman–Crippen LogP) is 3.22. The van der Waals surface area contributed by atoms with Crippen molar-refractivity contribution in [3.05, 3.63) is 52.8 Å². The van der Waals surface area contributed by atoms with Crippen LogP contribution in [0.4, 0.5) is 4.39 Å². The molecular formula is C14H17ClFN3. The minimum Gasteiger partial charge on any atom is -0.333 e. The molecule has 0 amide bonds. The summed E-state index contributed by atoms with van der Waals surface area (Å²) in [5.74, 6) is -0.388. The van der Waals surface area contributed by atoms with Crippen LogP contribution in [0.1, 0.15) is 25.1 Å². The zero-order valence-electron chi connectivity index (χ0n) is 11.0. The number of aromatic nitrogens is 2. The fraction of sp³-hybridized carbons (Fsp3) is 0.357. The molecule has 0 spiro atoms. The molecule has 0 radical (unpaired) electrons. The molecule has 1 aromatic carbocycles. The van der Waals surface area contributed by atoms with Gasteiger partial charge in [0.15, 0.2) is 0 Å². The molecule has 1 N–H and O–H groups in total. The molecule has 19 heavy (non-hydrogen) atoms. The van der Waals surface area contributed by atoms with Crippen molar-refractivity contribution in [1.29, 1.82) is 0 Å². The Balaban J connectivity index is 2.01. The molecule has 1 heterocycles. The first kappa shape index (κ1) is 14.0. The largest absolute Gasteiger partial charge is 0.333 e. The summed E-state index contributed by atoms with van der Waals surface area (Å²) in [6, 6.07) is 5.27. The van der Waals surface area contributed by atoms with Crippen LogP contribution in [-0.2, 0) is 13.1 Å². The molecule has 5 heteroatoms. The van der Waals surface area contributed by atoms with Crippen LogP contribution in [0.2, 0.25) is 5.02 Å². The van der Waals surface area contributed by atoms with E-state index in [0.717, 1.165) is 17.8 Å². The monoisotopic (exact) mass is 281 g/mol. The predicted molar refractivity (Wildman–Crippen MR) is 74.7 cm³/mol. The lowest BCUT2D eigenvalue weighted by Gasteiger charge is -2.05. The Morgan fingerprint density at radius 3 is 2.89 bits per heavy atom. The Hall–Kier alpha value is -1.39. The highest BCUT2D eigenvalue weighted by atomic mass is 35.5. The standard InChI is InChI=1S/C14H17ClFN3/c1-10(2)17-6-12-8-19(9-18-12)7-11-3-4-13(15)14(16)5-11/h3-5,8-10,17H,6-7H2,1-2H3. The van der Waals surface area contributed by atoms with Crippen LogP contribution < -0.4 is 5.32 Å². The summed E-state index contributed by atoms with van der Waals surface area (Å²) in [4.78, 5) is 4.30. The van der Waals surface area contributed by atoms with Gasteiger partial charge in [0.25, 0.3) is 0 Å². The van der Waals surface area contributed by atoms with Crippen LogP contribution in [0.3, 0.4) is 0 Å². The second kappa shape index (κ2) is 6.17. The zero-order chi connectivity index (χ0) is 13.8. The molecule has 0 aliphatic carbocycles. The van der Waals surface area contributed by atoms with E-state index in [2.05, 4.69) is 24.1 Å². The molecule has 0 saturated heterocycles. The molecule has 0 fully saturated rings. The zero-order valence-corrected chi connectivity index (χ0v) is 11.8. The molecule has 102 valence electrons. The maximum Gasteiger partial charge on any atom is 0.142 e. The van der Waals surface area contributed by atoms with Crippen LogP contribution >= 0.6 is 11.6 Å². The molecule has 0 unspecified atom stereocenters. The van der Waals surface area contributed by atoms with E-state index in [1.165, 1.54) is 6.07 Å². The van der Waals surface area contributed by atoms with E-state index in [9.17, 15) is 4.39 Å². The van der Waals surface area contributed by atoms with Gasteiger partial charge in [-0.25, -0.2) is 9.37 Å². The summed E-state index contributed by atoms with van der Waals surface area (Å²) in [6.07, 6.45) is 3.71. The first-order valence-electron chi connectivity index (χ1n) is 6.22. The van der Waals surface area contributed by atoms with Crippen LogP contribution in [0, 0.1) is 5.82 Å². The van der Waals surface area contributed by atoms with Gasteiger partial charge in [-0.05, 0) is 17.7 Å². The number of rotatable bonds is 5. The molecule has 0 atom stereocenters. The van der Waals surface area contributed by atoms with E-state index in [4.69, 9.17) is 11.6 Å². The summed E-state index contributed by atoms with van der Waals surface area (Å²) in [5.41, 5.74) is 1.84. The van der Waals surface area contributed by atoms with Gasteiger partial charge >= 0.3 is 0 Å². The quantitative estimate of drug-likeness (QED) is 0.912. The lowest BCUT2D eigenvalue weighted by molar-refractivity contribution is 0.582. The third-order valence-corrected chi connectivity index (χ3v) is 3.03. The van der Waals surface area contributed by atoms with Crippen LogP contribution in [0.15, 0.2) is 30.7 Å². The van der Waals surface area contributed by atoms with Crippen LogP contribution in [0.5, 0.6) is 0 Å². The van der Waals surface area contributed by atoms with Crippen molar-refractivity contribution in [3.63, 3.8) is 0 Å². The molecular weight excluding hydrogens is 265 g/mol. The third kappa shape index (κ3) is 4.04.